The molecule has 1 aromatic rings. The molecule has 15 heavy (non-hydrogen) atoms. The molecule has 2 rings (SSSR count). The summed E-state index contributed by atoms with van der Waals surface area (Å²) in [5, 5.41) is 0. The summed E-state index contributed by atoms with van der Waals surface area (Å²) < 4.78 is 0. The number of likely N-dealkylation sites (tertiary alicyclic amines) is 1. The molecule has 1 fully saturated rings. The summed E-state index contributed by atoms with van der Waals surface area (Å²) in [5.74, 6) is 0.460. The topological polar surface area (TPSA) is 49.0 Å². The Bertz CT molecular complexity index is 391. The van der Waals surface area contributed by atoms with E-state index in [9.17, 15) is 4.79 Å². The highest BCUT2D eigenvalue weighted by atomic mass is 16.1. The first-order valence-electron chi connectivity index (χ1n) is 5.41. The van der Waals surface area contributed by atoms with E-state index in [0.29, 0.717) is 5.92 Å². The monoisotopic (exact) mass is 207 g/mol. The fraction of sp³-hybridized carbons (Fsp3) is 0.636. The average molecular weight is 207 g/mol. The fourth-order valence-electron chi connectivity index (χ4n) is 2.12. The summed E-state index contributed by atoms with van der Waals surface area (Å²) in [6.07, 6.45) is 2.21. The second-order valence-corrected chi connectivity index (χ2v) is 4.37. The minimum atomic E-state index is -0.219. The number of hydrogen-bond acceptors (Lipinski definition) is 3. The van der Waals surface area contributed by atoms with Crippen molar-refractivity contribution in [2.24, 2.45) is 0 Å². The molecule has 0 spiro atoms. The highest BCUT2D eigenvalue weighted by Crippen LogP contribution is 2.25. The molecule has 2 heterocycles. The van der Waals surface area contributed by atoms with Crippen LogP contribution in [0.5, 0.6) is 0 Å². The van der Waals surface area contributed by atoms with Crippen LogP contribution in [-0.2, 0) is 0 Å². The van der Waals surface area contributed by atoms with Crippen molar-refractivity contribution in [1.82, 2.24) is 14.9 Å². The number of hydrogen-bond donors (Lipinski definition) is 1. The lowest BCUT2D eigenvalue weighted by Gasteiger charge is -2.28. The number of aromatic nitrogens is 2. The van der Waals surface area contributed by atoms with E-state index in [4.69, 9.17) is 0 Å². The maximum Gasteiger partial charge on any atom is 0.345 e. The normalized spacial score (nSPS) is 19.3. The maximum absolute atomic E-state index is 11.2. The number of rotatable bonds is 1. The Morgan fingerprint density at radius 2 is 2.13 bits per heavy atom. The third-order valence-corrected chi connectivity index (χ3v) is 3.04. The molecule has 0 saturated carbocycles. The van der Waals surface area contributed by atoms with Gasteiger partial charge in [-0.05, 0) is 46.0 Å². The molecule has 1 aliphatic rings. The molecule has 82 valence electrons. The Hall–Kier alpha value is -1.16. The van der Waals surface area contributed by atoms with Crippen molar-refractivity contribution in [3.05, 3.63) is 27.9 Å². The summed E-state index contributed by atoms with van der Waals surface area (Å²) in [6.45, 7) is 4.10. The van der Waals surface area contributed by atoms with Gasteiger partial charge in [-0.3, -0.25) is 0 Å². The van der Waals surface area contributed by atoms with Crippen LogP contribution in [0.15, 0.2) is 10.9 Å². The van der Waals surface area contributed by atoms with Crippen molar-refractivity contribution in [3.8, 4) is 0 Å². The molecule has 4 nitrogen and oxygen atoms in total. The summed E-state index contributed by atoms with van der Waals surface area (Å²) in [7, 11) is 2.13. The number of aryl methyl sites for hydroxylation is 1. The quantitative estimate of drug-likeness (QED) is 0.744. The lowest BCUT2D eigenvalue weighted by atomic mass is 9.93. The molecule has 1 aliphatic heterocycles. The Morgan fingerprint density at radius 3 is 2.73 bits per heavy atom. The minimum absolute atomic E-state index is 0.219. The van der Waals surface area contributed by atoms with Gasteiger partial charge in [-0.2, -0.15) is 4.98 Å². The van der Waals surface area contributed by atoms with Gasteiger partial charge in [0, 0.05) is 11.6 Å². The van der Waals surface area contributed by atoms with Crippen LogP contribution in [0, 0.1) is 6.92 Å². The van der Waals surface area contributed by atoms with E-state index in [1.165, 1.54) is 0 Å². The molecule has 4 heteroatoms. The second-order valence-electron chi connectivity index (χ2n) is 4.37. The van der Waals surface area contributed by atoms with E-state index in [1.807, 2.05) is 13.0 Å². The summed E-state index contributed by atoms with van der Waals surface area (Å²) >= 11 is 0. The first kappa shape index (κ1) is 10.4. The van der Waals surface area contributed by atoms with E-state index in [2.05, 4.69) is 21.9 Å². The van der Waals surface area contributed by atoms with E-state index in [1.54, 1.807) is 0 Å². The van der Waals surface area contributed by atoms with Gasteiger partial charge < -0.3 is 9.88 Å². The molecule has 0 unspecified atom stereocenters. The molecule has 1 N–H and O–H groups in total. The number of H-pyrrole nitrogens is 1. The van der Waals surface area contributed by atoms with Crippen LogP contribution in [0.2, 0.25) is 0 Å². The second kappa shape index (κ2) is 4.14. The van der Waals surface area contributed by atoms with Crippen molar-refractivity contribution >= 4 is 0 Å². The predicted molar refractivity (Wildman–Crippen MR) is 59.1 cm³/mol. The first-order chi connectivity index (χ1) is 7.15. The lowest BCUT2D eigenvalue weighted by molar-refractivity contribution is 0.253. The molecule has 1 aromatic heterocycles. The molecule has 0 aliphatic carbocycles. The SMILES string of the molecule is Cc1cc(C2CCN(C)CC2)nc(=O)[nH]1. The highest BCUT2D eigenvalue weighted by molar-refractivity contribution is 5.12. The largest absolute Gasteiger partial charge is 0.345 e. The van der Waals surface area contributed by atoms with E-state index < -0.39 is 0 Å². The predicted octanol–water partition coefficient (Wildman–Crippen LogP) is 0.888. The molecule has 0 aromatic carbocycles. The van der Waals surface area contributed by atoms with Gasteiger partial charge in [-0.1, -0.05) is 0 Å². The molecule has 0 bridgehead atoms. The number of piperidine rings is 1. The minimum Gasteiger partial charge on any atom is -0.310 e. The molecular weight excluding hydrogens is 190 g/mol. The van der Waals surface area contributed by atoms with Gasteiger partial charge in [0.25, 0.3) is 0 Å². The van der Waals surface area contributed by atoms with E-state index in [0.717, 1.165) is 37.3 Å². The Morgan fingerprint density at radius 1 is 1.47 bits per heavy atom. The molecule has 1 saturated heterocycles. The Kier molecular flexibility index (Phi) is 2.86. The van der Waals surface area contributed by atoms with Crippen LogP contribution in [0.25, 0.3) is 0 Å². The van der Waals surface area contributed by atoms with Crippen molar-refractivity contribution in [2.45, 2.75) is 25.7 Å². The van der Waals surface area contributed by atoms with Crippen LogP contribution in [0.4, 0.5) is 0 Å². The lowest BCUT2D eigenvalue weighted by Crippen LogP contribution is -2.30. The van der Waals surface area contributed by atoms with Crippen molar-refractivity contribution in [3.63, 3.8) is 0 Å². The average Bonchev–Trinajstić information content (AvgIpc) is 2.17. The Labute approximate surface area is 89.3 Å². The van der Waals surface area contributed by atoms with Crippen LogP contribution < -0.4 is 5.69 Å². The third-order valence-electron chi connectivity index (χ3n) is 3.04. The number of nitrogens with zero attached hydrogens (tertiary/aromatic N) is 2. The number of nitrogens with one attached hydrogen (secondary N) is 1. The third kappa shape index (κ3) is 2.45. The molecular formula is C11H17N3O. The maximum atomic E-state index is 11.2. The van der Waals surface area contributed by atoms with Gasteiger partial charge in [0.1, 0.15) is 0 Å². The molecule has 0 radical (unpaired) electrons. The molecule has 0 amide bonds. The van der Waals surface area contributed by atoms with Gasteiger partial charge >= 0.3 is 5.69 Å². The van der Waals surface area contributed by atoms with Crippen LogP contribution >= 0.6 is 0 Å². The van der Waals surface area contributed by atoms with Crippen molar-refractivity contribution < 1.29 is 0 Å². The fourth-order valence-corrected chi connectivity index (χ4v) is 2.12. The zero-order valence-electron chi connectivity index (χ0n) is 9.29. The van der Waals surface area contributed by atoms with Gasteiger partial charge in [-0.15, -0.1) is 0 Å². The first-order valence-corrected chi connectivity index (χ1v) is 5.41. The van der Waals surface area contributed by atoms with Crippen molar-refractivity contribution in [1.29, 1.82) is 0 Å². The van der Waals surface area contributed by atoms with Crippen LogP contribution in [0.1, 0.15) is 30.1 Å². The van der Waals surface area contributed by atoms with Gasteiger partial charge in [0.05, 0.1) is 5.69 Å². The van der Waals surface area contributed by atoms with E-state index >= 15 is 0 Å². The van der Waals surface area contributed by atoms with E-state index in [-0.39, 0.29) is 5.69 Å². The zero-order chi connectivity index (χ0) is 10.8. The summed E-state index contributed by atoms with van der Waals surface area (Å²) in [4.78, 5) is 20.3. The highest BCUT2D eigenvalue weighted by Gasteiger charge is 2.19. The van der Waals surface area contributed by atoms with Gasteiger partial charge in [0.2, 0.25) is 0 Å². The molecule has 0 atom stereocenters. The van der Waals surface area contributed by atoms with Crippen LogP contribution in [0.3, 0.4) is 0 Å². The van der Waals surface area contributed by atoms with Gasteiger partial charge in [0.15, 0.2) is 0 Å². The number of aromatic amines is 1. The van der Waals surface area contributed by atoms with Crippen molar-refractivity contribution in [2.75, 3.05) is 20.1 Å². The Balaban J connectivity index is 2.19. The smallest absolute Gasteiger partial charge is 0.310 e. The van der Waals surface area contributed by atoms with Crippen LogP contribution in [-0.4, -0.2) is 35.0 Å². The van der Waals surface area contributed by atoms with Gasteiger partial charge in [-0.25, -0.2) is 4.79 Å². The summed E-state index contributed by atoms with van der Waals surface area (Å²) in [5.41, 5.74) is 1.65. The summed E-state index contributed by atoms with van der Waals surface area (Å²) in [6, 6.07) is 2.00. The zero-order valence-corrected chi connectivity index (χ0v) is 9.29. The standard InChI is InChI=1S/C11H17N3O/c1-8-7-10(13-11(15)12-8)9-3-5-14(2)6-4-9/h7,9H,3-6H2,1-2H3,(H,12,13,15).